The summed E-state index contributed by atoms with van der Waals surface area (Å²) >= 11 is 0. The summed E-state index contributed by atoms with van der Waals surface area (Å²) < 4.78 is 21.0. The second-order valence-corrected chi connectivity index (χ2v) is 6.97. The van der Waals surface area contributed by atoms with Gasteiger partial charge in [-0.15, -0.1) is 0 Å². The van der Waals surface area contributed by atoms with Crippen LogP contribution >= 0.6 is 0 Å². The molecule has 3 rings (SSSR count). The molecule has 0 aliphatic rings. The summed E-state index contributed by atoms with van der Waals surface area (Å²) in [6, 6.07) is 10.7. The van der Waals surface area contributed by atoms with Gasteiger partial charge >= 0.3 is 6.03 Å². The number of carbonyl (C=O) groups is 1. The van der Waals surface area contributed by atoms with E-state index in [-0.39, 0.29) is 11.9 Å². The highest BCUT2D eigenvalue weighted by Crippen LogP contribution is 2.26. The van der Waals surface area contributed by atoms with E-state index in [1.165, 1.54) is 12.1 Å². The number of methoxy groups -OCH3 is 1. The largest absolute Gasteiger partial charge is 0.496 e. The third-order valence-electron chi connectivity index (χ3n) is 4.77. The Bertz CT molecular complexity index is 1000. The summed E-state index contributed by atoms with van der Waals surface area (Å²) in [6.07, 6.45) is 3.42. The number of ether oxygens (including phenoxy) is 1. The van der Waals surface area contributed by atoms with Gasteiger partial charge in [0.1, 0.15) is 23.4 Å². The molecule has 2 unspecified atom stereocenters. The summed E-state index contributed by atoms with van der Waals surface area (Å²) in [6.45, 7) is 3.87. The first-order valence-corrected chi connectivity index (χ1v) is 9.33. The van der Waals surface area contributed by atoms with Crippen molar-refractivity contribution in [2.75, 3.05) is 7.11 Å². The molecular weight excluding hydrogens is 371 g/mol. The number of nitrogens with one attached hydrogen (secondary N) is 2. The molecule has 2 aromatic carbocycles. The second kappa shape index (κ2) is 8.77. The van der Waals surface area contributed by atoms with Gasteiger partial charge in [-0.05, 0) is 37.6 Å². The van der Waals surface area contributed by atoms with E-state index in [2.05, 4.69) is 15.6 Å². The zero-order valence-corrected chi connectivity index (χ0v) is 16.9. The van der Waals surface area contributed by atoms with E-state index in [4.69, 9.17) is 4.74 Å². The number of carbonyl (C=O) groups excluding carboxylic acids is 1. The lowest BCUT2D eigenvalue weighted by Gasteiger charge is -2.22. The van der Waals surface area contributed by atoms with Gasteiger partial charge in [-0.1, -0.05) is 29.8 Å². The fourth-order valence-electron chi connectivity index (χ4n) is 3.28. The van der Waals surface area contributed by atoms with Crippen molar-refractivity contribution in [3.63, 3.8) is 0 Å². The average Bonchev–Trinajstić information content (AvgIpc) is 3.11. The Labute approximate surface area is 169 Å². The summed E-state index contributed by atoms with van der Waals surface area (Å²) in [7, 11) is 3.43. The van der Waals surface area contributed by atoms with Crippen molar-refractivity contribution >= 4 is 6.03 Å². The number of rotatable bonds is 6. The molecular formula is C22H25FN4O2. The van der Waals surface area contributed by atoms with E-state index in [9.17, 15) is 9.18 Å². The van der Waals surface area contributed by atoms with Crippen molar-refractivity contribution in [3.05, 3.63) is 83.2 Å². The predicted molar refractivity (Wildman–Crippen MR) is 109 cm³/mol. The number of urea groups is 1. The van der Waals surface area contributed by atoms with E-state index in [0.29, 0.717) is 17.1 Å². The maximum atomic E-state index is 13.8. The predicted octanol–water partition coefficient (Wildman–Crippen LogP) is 4.03. The molecule has 0 aliphatic carbocycles. The van der Waals surface area contributed by atoms with E-state index in [1.54, 1.807) is 36.2 Å². The molecule has 1 heterocycles. The monoisotopic (exact) mass is 396 g/mol. The Hall–Kier alpha value is -3.35. The highest BCUT2D eigenvalue weighted by molar-refractivity contribution is 5.75. The number of benzene rings is 2. The number of halogens is 1. The number of aromatic nitrogens is 2. The van der Waals surface area contributed by atoms with Gasteiger partial charge in [-0.2, -0.15) is 0 Å². The lowest BCUT2D eigenvalue weighted by Crippen LogP contribution is -2.40. The quantitative estimate of drug-likeness (QED) is 0.661. The van der Waals surface area contributed by atoms with Crippen LogP contribution in [0.15, 0.2) is 54.9 Å². The van der Waals surface area contributed by atoms with E-state index < -0.39 is 12.1 Å². The summed E-state index contributed by atoms with van der Waals surface area (Å²) in [5.41, 5.74) is 2.55. The van der Waals surface area contributed by atoms with Crippen molar-refractivity contribution in [1.29, 1.82) is 0 Å². The molecule has 0 fully saturated rings. The van der Waals surface area contributed by atoms with Crippen LogP contribution in [-0.2, 0) is 7.05 Å². The van der Waals surface area contributed by atoms with Gasteiger partial charge in [0.2, 0.25) is 0 Å². The zero-order valence-electron chi connectivity index (χ0n) is 16.9. The molecule has 2 N–H and O–H groups in total. The Morgan fingerprint density at radius 3 is 2.66 bits per heavy atom. The zero-order chi connectivity index (χ0) is 21.0. The Balaban J connectivity index is 1.82. The number of aryl methyl sites for hydroxylation is 2. The van der Waals surface area contributed by atoms with E-state index in [0.717, 1.165) is 11.1 Å². The molecule has 7 heteroatoms. The van der Waals surface area contributed by atoms with Crippen LogP contribution in [0, 0.1) is 12.7 Å². The van der Waals surface area contributed by atoms with Gasteiger partial charge in [0, 0.05) is 25.0 Å². The molecule has 0 spiro atoms. The van der Waals surface area contributed by atoms with E-state index >= 15 is 0 Å². The number of hydrogen-bond donors (Lipinski definition) is 2. The Morgan fingerprint density at radius 1 is 1.21 bits per heavy atom. The summed E-state index contributed by atoms with van der Waals surface area (Å²) in [4.78, 5) is 17.1. The van der Waals surface area contributed by atoms with Crippen LogP contribution in [0.4, 0.5) is 9.18 Å². The number of hydrogen-bond acceptors (Lipinski definition) is 3. The lowest BCUT2D eigenvalue weighted by atomic mass is 10.0. The molecule has 2 amide bonds. The van der Waals surface area contributed by atoms with E-state index in [1.807, 2.05) is 39.1 Å². The molecule has 152 valence electrons. The van der Waals surface area contributed by atoms with Crippen molar-refractivity contribution in [2.45, 2.75) is 25.9 Å². The molecule has 0 radical (unpaired) electrons. The third-order valence-corrected chi connectivity index (χ3v) is 4.77. The maximum absolute atomic E-state index is 13.8. The molecule has 0 bridgehead atoms. The van der Waals surface area contributed by atoms with Gasteiger partial charge in [-0.25, -0.2) is 14.2 Å². The van der Waals surface area contributed by atoms with Gasteiger partial charge in [-0.3, -0.25) is 0 Å². The van der Waals surface area contributed by atoms with Gasteiger partial charge in [0.25, 0.3) is 0 Å². The first-order valence-electron chi connectivity index (χ1n) is 9.33. The fourth-order valence-corrected chi connectivity index (χ4v) is 3.28. The molecule has 0 saturated heterocycles. The molecule has 0 aliphatic heterocycles. The molecule has 3 aromatic rings. The topological polar surface area (TPSA) is 68.2 Å². The van der Waals surface area contributed by atoms with Crippen molar-refractivity contribution in [2.24, 2.45) is 7.05 Å². The fraction of sp³-hybridized carbons (Fsp3) is 0.273. The molecule has 29 heavy (non-hydrogen) atoms. The molecule has 1 aromatic heterocycles. The number of amides is 2. The average molecular weight is 396 g/mol. The van der Waals surface area contributed by atoms with Crippen molar-refractivity contribution in [1.82, 2.24) is 20.2 Å². The molecule has 6 nitrogen and oxygen atoms in total. The minimum Gasteiger partial charge on any atom is -0.496 e. The normalized spacial score (nSPS) is 12.9. The first kappa shape index (κ1) is 20.4. The minimum absolute atomic E-state index is 0.292. The van der Waals surface area contributed by atoms with Crippen LogP contribution in [-0.4, -0.2) is 22.7 Å². The Kier molecular flexibility index (Phi) is 6.16. The SMILES string of the molecule is COc1ccc(C)cc1C(C)NC(=O)NC(c1cccc(F)c1)c1nccn1C. The molecule has 2 atom stereocenters. The standard InChI is InChI=1S/C22H25FN4O2/c1-14-8-9-19(29-4)18(12-14)15(2)25-22(28)26-20(21-24-10-11-27(21)3)16-6-5-7-17(23)13-16/h5-13,15,20H,1-4H3,(H2,25,26,28). The van der Waals surface area contributed by atoms with Crippen LogP contribution in [0.5, 0.6) is 5.75 Å². The van der Waals surface area contributed by atoms with Crippen LogP contribution < -0.4 is 15.4 Å². The summed E-state index contributed by atoms with van der Waals surface area (Å²) in [5, 5.41) is 5.85. The highest BCUT2D eigenvalue weighted by atomic mass is 19.1. The highest BCUT2D eigenvalue weighted by Gasteiger charge is 2.23. The van der Waals surface area contributed by atoms with Crippen LogP contribution in [0.3, 0.4) is 0 Å². The van der Waals surface area contributed by atoms with Gasteiger partial charge in [0.05, 0.1) is 13.2 Å². The van der Waals surface area contributed by atoms with Crippen LogP contribution in [0.1, 0.15) is 41.5 Å². The number of nitrogens with zero attached hydrogens (tertiary/aromatic N) is 2. The second-order valence-electron chi connectivity index (χ2n) is 6.97. The van der Waals surface area contributed by atoms with Crippen molar-refractivity contribution in [3.8, 4) is 5.75 Å². The minimum atomic E-state index is -0.600. The van der Waals surface area contributed by atoms with Gasteiger partial charge in [0.15, 0.2) is 0 Å². The Morgan fingerprint density at radius 2 is 2.00 bits per heavy atom. The number of imidazole rings is 1. The lowest BCUT2D eigenvalue weighted by molar-refractivity contribution is 0.235. The molecule has 0 saturated carbocycles. The first-order chi connectivity index (χ1) is 13.9. The van der Waals surface area contributed by atoms with Crippen LogP contribution in [0.25, 0.3) is 0 Å². The van der Waals surface area contributed by atoms with Crippen LogP contribution in [0.2, 0.25) is 0 Å². The summed E-state index contributed by atoms with van der Waals surface area (Å²) in [5.74, 6) is 0.933. The maximum Gasteiger partial charge on any atom is 0.316 e. The van der Waals surface area contributed by atoms with Gasteiger partial charge < -0.3 is 19.9 Å². The van der Waals surface area contributed by atoms with Crippen molar-refractivity contribution < 1.29 is 13.9 Å². The smallest absolute Gasteiger partial charge is 0.316 e. The third kappa shape index (κ3) is 4.74.